The van der Waals surface area contributed by atoms with Crippen LogP contribution >= 0.6 is 11.8 Å². The molecule has 1 fully saturated rings. The lowest BCUT2D eigenvalue weighted by molar-refractivity contribution is -0.119. The quantitative estimate of drug-likeness (QED) is 0.523. The number of carbonyl (C=O) groups is 2. The summed E-state index contributed by atoms with van der Waals surface area (Å²) in [7, 11) is 0. The van der Waals surface area contributed by atoms with E-state index in [1.807, 2.05) is 0 Å². The van der Waals surface area contributed by atoms with Crippen molar-refractivity contribution in [3.63, 3.8) is 0 Å². The van der Waals surface area contributed by atoms with E-state index in [0.717, 1.165) is 42.1 Å². The van der Waals surface area contributed by atoms with Crippen LogP contribution in [0.25, 0.3) is 0 Å². The second-order valence-electron chi connectivity index (χ2n) is 5.80. The highest BCUT2D eigenvalue weighted by Gasteiger charge is 2.22. The largest absolute Gasteiger partial charge is 0.335 e. The summed E-state index contributed by atoms with van der Waals surface area (Å²) in [5.41, 5.74) is -0.305. The van der Waals surface area contributed by atoms with Crippen molar-refractivity contribution < 1.29 is 9.59 Å². The molecule has 1 aromatic heterocycles. The summed E-state index contributed by atoms with van der Waals surface area (Å²) < 4.78 is 0.846. The molecule has 0 spiro atoms. The normalized spacial score (nSPS) is 16.4. The highest BCUT2D eigenvalue weighted by molar-refractivity contribution is 8.00. The van der Waals surface area contributed by atoms with Gasteiger partial charge in [0.1, 0.15) is 5.69 Å². The maximum Gasteiger partial charge on any atom is 0.321 e. The third-order valence-electron chi connectivity index (χ3n) is 3.85. The number of nitrogens with two attached hydrogens (primary N) is 1. The summed E-state index contributed by atoms with van der Waals surface area (Å²) in [6.07, 6.45) is 5.23. The molecule has 2 rings (SSSR count). The van der Waals surface area contributed by atoms with Crippen molar-refractivity contribution >= 4 is 23.7 Å². The molecule has 1 aliphatic carbocycles. The summed E-state index contributed by atoms with van der Waals surface area (Å²) in [6, 6.07) is -0.383. The Morgan fingerprint density at radius 1 is 1.29 bits per heavy atom. The number of nitrogens with zero attached hydrogens (tertiary/aromatic N) is 3. The zero-order chi connectivity index (χ0) is 17.7. The molecule has 132 valence electrons. The van der Waals surface area contributed by atoms with E-state index in [1.54, 1.807) is 6.92 Å². The molecule has 24 heavy (non-hydrogen) atoms. The zero-order valence-electron chi connectivity index (χ0n) is 13.7. The second kappa shape index (κ2) is 8.13. The van der Waals surface area contributed by atoms with Crippen molar-refractivity contribution in [1.29, 1.82) is 0 Å². The van der Waals surface area contributed by atoms with Gasteiger partial charge in [-0.05, 0) is 26.7 Å². The minimum atomic E-state index is -0.659. The lowest BCUT2D eigenvalue weighted by Gasteiger charge is -2.23. The number of imide groups is 1. The summed E-state index contributed by atoms with van der Waals surface area (Å²) in [5.74, 6) is 5.14. The molecule has 0 bridgehead atoms. The first-order valence-corrected chi connectivity index (χ1v) is 8.76. The number of thioether (sulfide) groups is 1. The van der Waals surface area contributed by atoms with Gasteiger partial charge in [-0.15, -0.1) is 10.2 Å². The molecule has 9 nitrogen and oxygen atoms in total. The van der Waals surface area contributed by atoms with Gasteiger partial charge in [0.05, 0.1) is 5.25 Å². The van der Waals surface area contributed by atoms with Gasteiger partial charge in [0.2, 0.25) is 11.1 Å². The molecule has 0 radical (unpaired) electrons. The lowest BCUT2D eigenvalue weighted by Crippen LogP contribution is -2.47. The van der Waals surface area contributed by atoms with E-state index >= 15 is 0 Å². The number of amides is 3. The number of aryl methyl sites for hydroxylation is 1. The standard InChI is InChI=1S/C14H22N6O3S/c1-8-12(22)20(15)14(19-18-8)24-9(2)11(21)17-13(23)16-10-6-4-3-5-7-10/h9-10H,3-7,15H2,1-2H3,(H2,16,17,21,23)/t9-/m1/s1. The molecule has 0 aliphatic heterocycles. The van der Waals surface area contributed by atoms with Crippen molar-refractivity contribution in [2.45, 2.75) is 62.4 Å². The van der Waals surface area contributed by atoms with E-state index in [4.69, 9.17) is 5.84 Å². The molecule has 0 saturated heterocycles. The van der Waals surface area contributed by atoms with Gasteiger partial charge >= 0.3 is 6.03 Å². The van der Waals surface area contributed by atoms with Crippen LogP contribution < -0.4 is 22.0 Å². The summed E-state index contributed by atoms with van der Waals surface area (Å²) in [6.45, 7) is 3.10. The van der Waals surface area contributed by atoms with Gasteiger partial charge < -0.3 is 11.2 Å². The van der Waals surface area contributed by atoms with Gasteiger partial charge in [0, 0.05) is 6.04 Å². The van der Waals surface area contributed by atoms with E-state index in [9.17, 15) is 14.4 Å². The van der Waals surface area contributed by atoms with Gasteiger partial charge in [-0.1, -0.05) is 31.0 Å². The van der Waals surface area contributed by atoms with E-state index in [0.29, 0.717) is 0 Å². The smallest absolute Gasteiger partial charge is 0.321 e. The van der Waals surface area contributed by atoms with Gasteiger partial charge in [0.25, 0.3) is 5.56 Å². The Kier molecular flexibility index (Phi) is 6.18. The number of hydrogen-bond donors (Lipinski definition) is 3. The van der Waals surface area contributed by atoms with Crippen LogP contribution in [0.2, 0.25) is 0 Å². The number of nitrogens with one attached hydrogen (secondary N) is 2. The van der Waals surface area contributed by atoms with Crippen molar-refractivity contribution in [2.75, 3.05) is 5.84 Å². The van der Waals surface area contributed by atoms with Crippen molar-refractivity contribution in [3.05, 3.63) is 16.0 Å². The second-order valence-corrected chi connectivity index (χ2v) is 7.11. The predicted octanol–water partition coefficient (Wildman–Crippen LogP) is 0.300. The van der Waals surface area contributed by atoms with Gasteiger partial charge in [0.15, 0.2) is 0 Å². The monoisotopic (exact) mass is 354 g/mol. The van der Waals surface area contributed by atoms with Gasteiger partial charge in [-0.25, -0.2) is 4.79 Å². The summed E-state index contributed by atoms with van der Waals surface area (Å²) in [5, 5.41) is 12.1. The third kappa shape index (κ3) is 4.70. The van der Waals surface area contributed by atoms with Crippen LogP contribution in [0, 0.1) is 6.92 Å². The van der Waals surface area contributed by atoms with Crippen LogP contribution in [0.1, 0.15) is 44.7 Å². The average Bonchev–Trinajstić information content (AvgIpc) is 2.56. The Hall–Kier alpha value is -2.10. The van der Waals surface area contributed by atoms with Crippen LogP contribution in [0.5, 0.6) is 0 Å². The van der Waals surface area contributed by atoms with E-state index in [2.05, 4.69) is 20.8 Å². The molecule has 1 saturated carbocycles. The van der Waals surface area contributed by atoms with E-state index < -0.39 is 22.7 Å². The Morgan fingerprint density at radius 3 is 2.62 bits per heavy atom. The van der Waals surface area contributed by atoms with Crippen LogP contribution in [0.15, 0.2) is 9.95 Å². The fourth-order valence-corrected chi connectivity index (χ4v) is 3.21. The molecular formula is C14H22N6O3S. The minimum absolute atomic E-state index is 0.112. The molecule has 0 aromatic carbocycles. The molecule has 10 heteroatoms. The van der Waals surface area contributed by atoms with Crippen molar-refractivity contribution in [3.8, 4) is 0 Å². The number of urea groups is 1. The average molecular weight is 354 g/mol. The Labute approximate surface area is 143 Å². The number of aromatic nitrogens is 3. The van der Waals surface area contributed by atoms with Gasteiger partial charge in [-0.2, -0.15) is 4.68 Å². The minimum Gasteiger partial charge on any atom is -0.335 e. The third-order valence-corrected chi connectivity index (χ3v) is 4.91. The fraction of sp³-hybridized carbons (Fsp3) is 0.643. The summed E-state index contributed by atoms with van der Waals surface area (Å²) in [4.78, 5) is 35.7. The molecule has 1 aliphatic rings. The number of carbonyl (C=O) groups excluding carboxylic acids is 2. The van der Waals surface area contributed by atoms with E-state index in [-0.39, 0.29) is 16.9 Å². The number of nitrogen functional groups attached to an aromatic ring is 1. The fourth-order valence-electron chi connectivity index (χ4n) is 2.44. The van der Waals surface area contributed by atoms with Crippen LogP contribution in [0.3, 0.4) is 0 Å². The van der Waals surface area contributed by atoms with E-state index in [1.165, 1.54) is 13.3 Å². The highest BCUT2D eigenvalue weighted by Crippen LogP contribution is 2.19. The summed E-state index contributed by atoms with van der Waals surface area (Å²) >= 11 is 0.962. The van der Waals surface area contributed by atoms with Crippen molar-refractivity contribution in [1.82, 2.24) is 25.5 Å². The molecule has 1 aromatic rings. The predicted molar refractivity (Wildman–Crippen MR) is 90.0 cm³/mol. The first kappa shape index (κ1) is 18.2. The van der Waals surface area contributed by atoms with Crippen LogP contribution in [0.4, 0.5) is 4.79 Å². The lowest BCUT2D eigenvalue weighted by atomic mass is 9.96. The number of hydrogen-bond acceptors (Lipinski definition) is 7. The molecule has 3 amide bonds. The maximum absolute atomic E-state index is 12.1. The Morgan fingerprint density at radius 2 is 1.96 bits per heavy atom. The first-order chi connectivity index (χ1) is 11.4. The zero-order valence-corrected chi connectivity index (χ0v) is 14.6. The maximum atomic E-state index is 12.1. The first-order valence-electron chi connectivity index (χ1n) is 7.88. The Bertz CT molecular complexity index is 671. The van der Waals surface area contributed by atoms with Crippen molar-refractivity contribution in [2.24, 2.45) is 0 Å². The molecule has 0 unspecified atom stereocenters. The van der Waals surface area contributed by atoms with Crippen LogP contribution in [-0.4, -0.2) is 38.1 Å². The molecule has 1 atom stereocenters. The van der Waals surface area contributed by atoms with Gasteiger partial charge in [-0.3, -0.25) is 14.9 Å². The topological polar surface area (TPSA) is 132 Å². The Balaban J connectivity index is 1.89. The molecule has 4 N–H and O–H groups in total. The number of rotatable bonds is 4. The molecule has 1 heterocycles. The SMILES string of the molecule is Cc1nnc(S[C@H](C)C(=O)NC(=O)NC2CCCCC2)n(N)c1=O. The molecular weight excluding hydrogens is 332 g/mol. The van der Waals surface area contributed by atoms with Crippen LogP contribution in [-0.2, 0) is 4.79 Å². The highest BCUT2D eigenvalue weighted by atomic mass is 32.2.